The van der Waals surface area contributed by atoms with Crippen LogP contribution in [0.25, 0.3) is 22.8 Å². The monoisotopic (exact) mass is 372 g/mol. The van der Waals surface area contributed by atoms with Crippen molar-refractivity contribution in [3.8, 4) is 22.8 Å². The summed E-state index contributed by atoms with van der Waals surface area (Å²) < 4.78 is 37.3. The van der Waals surface area contributed by atoms with Gasteiger partial charge in [0.15, 0.2) is 0 Å². The Morgan fingerprint density at radius 1 is 0.962 bits per heavy atom. The Hall–Kier alpha value is -3.07. The molecule has 0 unspecified atom stereocenters. The fourth-order valence-corrected chi connectivity index (χ4v) is 2.77. The minimum Gasteiger partial charge on any atom is -0.411 e. The minimum absolute atomic E-state index is 0.100. The van der Waals surface area contributed by atoms with Gasteiger partial charge in [-0.1, -0.05) is 29.1 Å². The van der Waals surface area contributed by atoms with Crippen molar-refractivity contribution >= 4 is 11.8 Å². The van der Waals surface area contributed by atoms with Crippen LogP contribution >= 0.6 is 11.8 Å². The van der Waals surface area contributed by atoms with E-state index in [4.69, 9.17) is 8.94 Å². The van der Waals surface area contributed by atoms with Crippen LogP contribution in [-0.2, 0) is 5.75 Å². The van der Waals surface area contributed by atoms with Crippen LogP contribution in [0.4, 0.5) is 8.78 Å². The molecule has 0 amide bonds. The maximum Gasteiger partial charge on any atom is 0.277 e. The van der Waals surface area contributed by atoms with E-state index in [0.717, 1.165) is 0 Å². The molecular formula is C17H10F2N4O2S. The Bertz CT molecular complexity index is 1030. The van der Waals surface area contributed by atoms with E-state index in [-0.39, 0.29) is 22.5 Å². The molecule has 0 spiro atoms. The van der Waals surface area contributed by atoms with Crippen molar-refractivity contribution in [2.45, 2.75) is 11.0 Å². The third-order valence-corrected chi connectivity index (χ3v) is 4.20. The number of hydrogen-bond acceptors (Lipinski definition) is 7. The smallest absolute Gasteiger partial charge is 0.277 e. The zero-order valence-corrected chi connectivity index (χ0v) is 13.9. The largest absolute Gasteiger partial charge is 0.411 e. The van der Waals surface area contributed by atoms with Crippen molar-refractivity contribution in [3.05, 3.63) is 66.1 Å². The summed E-state index contributed by atoms with van der Waals surface area (Å²) in [6, 6.07) is 11.9. The van der Waals surface area contributed by atoms with Crippen molar-refractivity contribution < 1.29 is 17.7 Å². The van der Waals surface area contributed by atoms with Gasteiger partial charge in [-0.25, -0.2) is 8.78 Å². The van der Waals surface area contributed by atoms with Gasteiger partial charge in [0, 0.05) is 5.56 Å². The lowest BCUT2D eigenvalue weighted by atomic mass is 10.2. The third kappa shape index (κ3) is 3.47. The number of nitrogens with zero attached hydrogens (tertiary/aromatic N) is 4. The molecule has 0 saturated carbocycles. The summed E-state index contributed by atoms with van der Waals surface area (Å²) in [5, 5.41) is 11.8. The fourth-order valence-electron chi connectivity index (χ4n) is 2.16. The van der Waals surface area contributed by atoms with Gasteiger partial charge in [0.05, 0.1) is 11.3 Å². The van der Waals surface area contributed by atoms with Gasteiger partial charge >= 0.3 is 0 Å². The molecule has 9 heteroatoms. The molecule has 0 N–H and O–H groups in total. The summed E-state index contributed by atoms with van der Waals surface area (Å²) in [6.07, 6.45) is 0. The van der Waals surface area contributed by atoms with Gasteiger partial charge in [-0.2, -0.15) is 4.98 Å². The average Bonchev–Trinajstić information content (AvgIpc) is 3.30. The lowest BCUT2D eigenvalue weighted by Gasteiger charge is -1.95. The van der Waals surface area contributed by atoms with Crippen LogP contribution in [-0.4, -0.2) is 20.3 Å². The van der Waals surface area contributed by atoms with Gasteiger partial charge in [0.25, 0.3) is 11.1 Å². The SMILES string of the molecule is Fc1ccc(-c2noc(CSc3nnc(-c4ccccc4F)o3)n2)cc1. The molecule has 26 heavy (non-hydrogen) atoms. The second kappa shape index (κ2) is 7.04. The molecule has 2 heterocycles. The quantitative estimate of drug-likeness (QED) is 0.482. The molecule has 0 aliphatic rings. The lowest BCUT2D eigenvalue weighted by Crippen LogP contribution is -1.83. The predicted octanol–water partition coefficient (Wildman–Crippen LogP) is 4.36. The first kappa shape index (κ1) is 16.4. The van der Waals surface area contributed by atoms with Gasteiger partial charge in [0.1, 0.15) is 11.6 Å². The van der Waals surface area contributed by atoms with Gasteiger partial charge < -0.3 is 8.94 Å². The Balaban J connectivity index is 1.44. The predicted molar refractivity (Wildman–Crippen MR) is 88.9 cm³/mol. The normalized spacial score (nSPS) is 11.0. The zero-order valence-electron chi connectivity index (χ0n) is 13.1. The van der Waals surface area contributed by atoms with Crippen LogP contribution in [0, 0.1) is 11.6 Å². The summed E-state index contributed by atoms with van der Waals surface area (Å²) in [5.74, 6) is 0.331. The summed E-state index contributed by atoms with van der Waals surface area (Å²) >= 11 is 1.19. The first-order valence-corrected chi connectivity index (χ1v) is 8.47. The van der Waals surface area contributed by atoms with E-state index in [9.17, 15) is 8.78 Å². The number of rotatable bonds is 5. The second-order valence-corrected chi connectivity index (χ2v) is 6.09. The Morgan fingerprint density at radius 3 is 2.58 bits per heavy atom. The van der Waals surface area contributed by atoms with Crippen LogP contribution in [0.15, 0.2) is 62.7 Å². The molecule has 4 rings (SSSR count). The minimum atomic E-state index is -0.437. The molecule has 0 radical (unpaired) electrons. The van der Waals surface area contributed by atoms with Gasteiger partial charge in [0.2, 0.25) is 11.7 Å². The summed E-state index contributed by atoms with van der Waals surface area (Å²) in [5.41, 5.74) is 0.884. The molecule has 6 nitrogen and oxygen atoms in total. The number of thioether (sulfide) groups is 1. The molecule has 0 atom stereocenters. The number of hydrogen-bond donors (Lipinski definition) is 0. The summed E-state index contributed by atoms with van der Waals surface area (Å²) in [4.78, 5) is 4.23. The molecule has 0 saturated heterocycles. The lowest BCUT2D eigenvalue weighted by molar-refractivity contribution is 0.391. The fraction of sp³-hybridized carbons (Fsp3) is 0.0588. The first-order chi connectivity index (χ1) is 12.7. The molecule has 2 aromatic carbocycles. The second-order valence-electron chi connectivity index (χ2n) is 5.16. The van der Waals surface area contributed by atoms with Crippen LogP contribution in [0.3, 0.4) is 0 Å². The molecule has 0 aliphatic heterocycles. The highest BCUT2D eigenvalue weighted by Gasteiger charge is 2.15. The van der Waals surface area contributed by atoms with Crippen LogP contribution in [0.2, 0.25) is 0 Å². The van der Waals surface area contributed by atoms with Gasteiger partial charge in [-0.05, 0) is 36.4 Å². The summed E-state index contributed by atoms with van der Waals surface area (Å²) in [7, 11) is 0. The van der Waals surface area contributed by atoms with E-state index in [2.05, 4.69) is 20.3 Å². The van der Waals surface area contributed by atoms with Crippen LogP contribution < -0.4 is 0 Å². The number of aromatic nitrogens is 4. The highest BCUT2D eigenvalue weighted by Crippen LogP contribution is 2.27. The van der Waals surface area contributed by atoms with Gasteiger partial charge in [-0.3, -0.25) is 0 Å². The molecule has 0 aliphatic carbocycles. The van der Waals surface area contributed by atoms with Crippen molar-refractivity contribution in [2.24, 2.45) is 0 Å². The number of benzene rings is 2. The summed E-state index contributed by atoms with van der Waals surface area (Å²) in [6.45, 7) is 0. The number of halogens is 2. The van der Waals surface area contributed by atoms with Crippen molar-refractivity contribution in [3.63, 3.8) is 0 Å². The van der Waals surface area contributed by atoms with E-state index in [1.54, 1.807) is 30.3 Å². The van der Waals surface area contributed by atoms with Crippen LogP contribution in [0.1, 0.15) is 5.89 Å². The standard InChI is InChI=1S/C17H10F2N4O2S/c18-11-7-5-10(6-8-11)15-20-14(25-23-15)9-26-17-22-21-16(24-17)12-3-1-2-4-13(12)19/h1-8H,9H2. The van der Waals surface area contributed by atoms with Crippen molar-refractivity contribution in [2.75, 3.05) is 0 Å². The highest BCUT2D eigenvalue weighted by atomic mass is 32.2. The molecular weight excluding hydrogens is 362 g/mol. The molecule has 2 aromatic heterocycles. The van der Waals surface area contributed by atoms with Crippen molar-refractivity contribution in [1.82, 2.24) is 20.3 Å². The molecule has 0 fully saturated rings. The van der Waals surface area contributed by atoms with Gasteiger partial charge in [-0.15, -0.1) is 10.2 Å². The van der Waals surface area contributed by atoms with E-state index in [0.29, 0.717) is 23.0 Å². The Kier molecular flexibility index (Phi) is 4.44. The molecule has 130 valence electrons. The first-order valence-electron chi connectivity index (χ1n) is 7.49. The van der Waals surface area contributed by atoms with E-state index in [1.807, 2.05) is 0 Å². The molecule has 0 bridgehead atoms. The van der Waals surface area contributed by atoms with E-state index < -0.39 is 5.82 Å². The topological polar surface area (TPSA) is 77.8 Å². The van der Waals surface area contributed by atoms with Crippen LogP contribution in [0.5, 0.6) is 0 Å². The third-order valence-electron chi connectivity index (χ3n) is 3.40. The van der Waals surface area contributed by atoms with E-state index >= 15 is 0 Å². The average molecular weight is 372 g/mol. The zero-order chi connectivity index (χ0) is 17.9. The maximum absolute atomic E-state index is 13.7. The van der Waals surface area contributed by atoms with E-state index in [1.165, 1.54) is 30.0 Å². The molecule has 4 aromatic rings. The maximum atomic E-state index is 13.7. The highest BCUT2D eigenvalue weighted by molar-refractivity contribution is 7.98. The Morgan fingerprint density at radius 2 is 1.77 bits per heavy atom. The van der Waals surface area contributed by atoms with Crippen molar-refractivity contribution in [1.29, 1.82) is 0 Å². The Labute approximate surface area is 150 Å².